The quantitative estimate of drug-likeness (QED) is 0.613. The van der Waals surface area contributed by atoms with E-state index in [9.17, 15) is 14.7 Å². The van der Waals surface area contributed by atoms with Crippen LogP contribution in [0, 0.1) is 0 Å². The molecule has 9 heteroatoms. The number of nitrogens with one attached hydrogen (secondary N) is 1. The number of imidazole rings is 1. The zero-order chi connectivity index (χ0) is 19.4. The number of aliphatic carboxylic acids is 1. The molecule has 27 heavy (non-hydrogen) atoms. The van der Waals surface area contributed by atoms with Crippen LogP contribution in [0.3, 0.4) is 0 Å². The lowest BCUT2D eigenvalue weighted by molar-refractivity contribution is -0.137. The number of fused-ring (bicyclic) bond motifs is 1. The van der Waals surface area contributed by atoms with Gasteiger partial charge in [0.15, 0.2) is 16.5 Å². The molecule has 2 aromatic heterocycles. The van der Waals surface area contributed by atoms with Crippen molar-refractivity contribution in [3.63, 3.8) is 0 Å². The Morgan fingerprint density at radius 2 is 2.07 bits per heavy atom. The monoisotopic (exact) mass is 389 g/mol. The van der Waals surface area contributed by atoms with Gasteiger partial charge >= 0.3 is 5.97 Å². The predicted octanol–water partition coefficient (Wildman–Crippen LogP) is 2.29. The second kappa shape index (κ2) is 8.09. The van der Waals surface area contributed by atoms with Gasteiger partial charge in [-0.1, -0.05) is 6.07 Å². The summed E-state index contributed by atoms with van der Waals surface area (Å²) in [4.78, 5) is 28.8. The van der Waals surface area contributed by atoms with Crippen LogP contribution in [0.4, 0.5) is 0 Å². The normalized spacial score (nSPS) is 11.9. The topological polar surface area (TPSA) is 102 Å². The van der Waals surface area contributed by atoms with Gasteiger partial charge in [0.2, 0.25) is 5.91 Å². The Bertz CT molecular complexity index is 965. The molecule has 1 amide bonds. The number of hydrogen-bond donors (Lipinski definition) is 2. The van der Waals surface area contributed by atoms with Crippen molar-refractivity contribution in [2.24, 2.45) is 0 Å². The average Bonchev–Trinajstić information content (AvgIpc) is 3.25. The maximum Gasteiger partial charge on any atom is 0.305 e. The van der Waals surface area contributed by atoms with E-state index in [1.807, 2.05) is 9.78 Å². The van der Waals surface area contributed by atoms with Crippen LogP contribution in [0.15, 0.2) is 36.0 Å². The first-order valence-electron chi connectivity index (χ1n) is 8.14. The fraction of sp³-hybridized carbons (Fsp3) is 0.278. The zero-order valence-electron chi connectivity index (χ0n) is 14.8. The summed E-state index contributed by atoms with van der Waals surface area (Å²) in [6, 6.07) is 4.38. The number of benzene rings is 1. The van der Waals surface area contributed by atoms with Crippen molar-refractivity contribution in [3.8, 4) is 11.5 Å². The zero-order valence-corrected chi connectivity index (χ0v) is 15.7. The van der Waals surface area contributed by atoms with Gasteiger partial charge in [0.05, 0.1) is 33.1 Å². The van der Waals surface area contributed by atoms with Gasteiger partial charge in [-0.05, 0) is 17.7 Å². The second-order valence-electron chi connectivity index (χ2n) is 5.82. The van der Waals surface area contributed by atoms with Crippen molar-refractivity contribution in [3.05, 3.63) is 47.2 Å². The van der Waals surface area contributed by atoms with Crippen molar-refractivity contribution in [1.29, 1.82) is 0 Å². The highest BCUT2D eigenvalue weighted by molar-refractivity contribution is 7.15. The molecule has 0 saturated heterocycles. The molecular formula is C18H19N3O5S. The first-order valence-corrected chi connectivity index (χ1v) is 9.02. The Morgan fingerprint density at radius 3 is 2.78 bits per heavy atom. The van der Waals surface area contributed by atoms with Crippen LogP contribution in [0.5, 0.6) is 11.5 Å². The first kappa shape index (κ1) is 18.7. The fourth-order valence-electron chi connectivity index (χ4n) is 2.81. The molecule has 0 fully saturated rings. The first-order chi connectivity index (χ1) is 13.0. The lowest BCUT2D eigenvalue weighted by Gasteiger charge is -2.19. The van der Waals surface area contributed by atoms with Gasteiger partial charge in [0, 0.05) is 23.5 Å². The Hall–Kier alpha value is -3.07. The van der Waals surface area contributed by atoms with E-state index in [0.29, 0.717) is 17.1 Å². The molecule has 8 nitrogen and oxygen atoms in total. The molecule has 1 atom stereocenters. The van der Waals surface area contributed by atoms with E-state index in [0.717, 1.165) is 10.7 Å². The van der Waals surface area contributed by atoms with E-state index >= 15 is 0 Å². The molecule has 2 N–H and O–H groups in total. The Balaban J connectivity index is 1.79. The molecule has 1 aromatic carbocycles. The van der Waals surface area contributed by atoms with E-state index < -0.39 is 12.0 Å². The summed E-state index contributed by atoms with van der Waals surface area (Å²) >= 11 is 1.44. The van der Waals surface area contributed by atoms with Gasteiger partial charge in [-0.15, -0.1) is 11.3 Å². The maximum atomic E-state index is 12.5. The molecule has 3 aromatic rings. The predicted molar refractivity (Wildman–Crippen MR) is 99.5 cm³/mol. The molecule has 0 spiro atoms. The summed E-state index contributed by atoms with van der Waals surface area (Å²) in [5.74, 6) is -0.285. The number of thiazole rings is 1. The SMILES string of the molecule is COc1ccc(C(CC(=O)O)NC(=O)Cc2csc3nccn23)cc1OC. The van der Waals surface area contributed by atoms with Crippen molar-refractivity contribution < 1.29 is 24.2 Å². The van der Waals surface area contributed by atoms with Crippen LogP contribution in [0.1, 0.15) is 23.7 Å². The summed E-state index contributed by atoms with van der Waals surface area (Å²) in [7, 11) is 3.02. The lowest BCUT2D eigenvalue weighted by Crippen LogP contribution is -2.31. The number of carboxylic acid groups (broad SMARTS) is 1. The maximum absolute atomic E-state index is 12.5. The summed E-state index contributed by atoms with van der Waals surface area (Å²) in [5, 5.41) is 13.9. The van der Waals surface area contributed by atoms with E-state index in [1.54, 1.807) is 30.6 Å². The summed E-state index contributed by atoms with van der Waals surface area (Å²) in [5.41, 5.74) is 1.42. The second-order valence-corrected chi connectivity index (χ2v) is 6.65. The van der Waals surface area contributed by atoms with E-state index in [4.69, 9.17) is 9.47 Å². The third kappa shape index (κ3) is 4.20. The average molecular weight is 389 g/mol. The third-order valence-electron chi connectivity index (χ3n) is 4.08. The van der Waals surface area contributed by atoms with Gasteiger partial charge < -0.3 is 19.9 Å². The number of ether oxygens (including phenoxy) is 2. The molecule has 1 unspecified atom stereocenters. The largest absolute Gasteiger partial charge is 0.493 e. The Morgan fingerprint density at radius 1 is 1.30 bits per heavy atom. The van der Waals surface area contributed by atoms with Gasteiger partial charge in [0.25, 0.3) is 0 Å². The fourth-order valence-corrected chi connectivity index (χ4v) is 3.66. The number of carbonyl (C=O) groups is 2. The summed E-state index contributed by atoms with van der Waals surface area (Å²) in [6.07, 6.45) is 3.34. The van der Waals surface area contributed by atoms with Crippen molar-refractivity contribution in [2.45, 2.75) is 18.9 Å². The number of aromatic nitrogens is 2. The number of rotatable bonds is 8. The van der Waals surface area contributed by atoms with Crippen LogP contribution >= 0.6 is 11.3 Å². The summed E-state index contributed by atoms with van der Waals surface area (Å²) in [6.45, 7) is 0. The van der Waals surface area contributed by atoms with Crippen LogP contribution in [0.2, 0.25) is 0 Å². The standard InChI is InChI=1S/C18H19N3O5S/c1-25-14-4-3-11(7-15(14)26-2)13(9-17(23)24)20-16(22)8-12-10-27-18-19-5-6-21(12)18/h3-7,10,13H,8-9H2,1-2H3,(H,20,22)(H,23,24). The molecule has 0 aliphatic heterocycles. The molecule has 0 aliphatic carbocycles. The van der Waals surface area contributed by atoms with E-state index in [-0.39, 0.29) is 18.7 Å². The molecule has 0 saturated carbocycles. The smallest absolute Gasteiger partial charge is 0.305 e. The highest BCUT2D eigenvalue weighted by Crippen LogP contribution is 2.31. The van der Waals surface area contributed by atoms with Crippen molar-refractivity contribution in [1.82, 2.24) is 14.7 Å². The van der Waals surface area contributed by atoms with E-state index in [1.165, 1.54) is 25.6 Å². The minimum Gasteiger partial charge on any atom is -0.493 e. The van der Waals surface area contributed by atoms with Crippen molar-refractivity contribution >= 4 is 28.2 Å². The molecule has 2 heterocycles. The Kier molecular flexibility index (Phi) is 5.60. The number of amides is 1. The van der Waals surface area contributed by atoms with E-state index in [2.05, 4.69) is 10.3 Å². The Labute approximate surface area is 159 Å². The molecule has 142 valence electrons. The molecule has 0 radical (unpaired) electrons. The number of methoxy groups -OCH3 is 2. The number of carbonyl (C=O) groups excluding carboxylic acids is 1. The number of carboxylic acids is 1. The van der Waals surface area contributed by atoms with Gasteiger partial charge in [-0.3, -0.25) is 14.0 Å². The van der Waals surface area contributed by atoms with Crippen LogP contribution < -0.4 is 14.8 Å². The third-order valence-corrected chi connectivity index (χ3v) is 4.99. The van der Waals surface area contributed by atoms with Crippen molar-refractivity contribution in [2.75, 3.05) is 14.2 Å². The molecule has 3 rings (SSSR count). The highest BCUT2D eigenvalue weighted by Gasteiger charge is 2.21. The minimum absolute atomic E-state index is 0.125. The van der Waals surface area contributed by atoms with Gasteiger partial charge in [-0.25, -0.2) is 4.98 Å². The lowest BCUT2D eigenvalue weighted by atomic mass is 10.0. The minimum atomic E-state index is -1.01. The van der Waals surface area contributed by atoms with Crippen LogP contribution in [0.25, 0.3) is 4.96 Å². The van der Waals surface area contributed by atoms with Crippen LogP contribution in [-0.4, -0.2) is 40.6 Å². The van der Waals surface area contributed by atoms with Gasteiger partial charge in [-0.2, -0.15) is 0 Å². The highest BCUT2D eigenvalue weighted by atomic mass is 32.1. The number of nitrogens with zero attached hydrogens (tertiary/aromatic N) is 2. The number of hydrogen-bond acceptors (Lipinski definition) is 6. The molecule has 0 bridgehead atoms. The molecular weight excluding hydrogens is 370 g/mol. The molecule has 0 aliphatic rings. The van der Waals surface area contributed by atoms with Gasteiger partial charge in [0.1, 0.15) is 0 Å². The summed E-state index contributed by atoms with van der Waals surface area (Å²) < 4.78 is 12.3. The van der Waals surface area contributed by atoms with Crippen LogP contribution in [-0.2, 0) is 16.0 Å².